The standard InChI is InChI=1S/C17H22N2O5/c1-18-15(20)9-17(22)5-2-6-19(10-17)16(21)8-12-3-4-13-14(7-12)24-11-23-13/h3-4,7,22H,2,5-6,8-11H2,1H3,(H,18,20). The number of aliphatic hydroxyl groups is 1. The molecule has 2 N–H and O–H groups in total. The van der Waals surface area contributed by atoms with Gasteiger partial charge in [-0.1, -0.05) is 6.07 Å². The molecule has 0 spiro atoms. The second-order valence-corrected chi connectivity index (χ2v) is 6.36. The zero-order valence-corrected chi connectivity index (χ0v) is 13.7. The quantitative estimate of drug-likeness (QED) is 0.835. The average molecular weight is 334 g/mol. The number of nitrogens with zero attached hydrogens (tertiary/aromatic N) is 1. The van der Waals surface area contributed by atoms with Crippen LogP contribution in [-0.4, -0.2) is 54.4 Å². The van der Waals surface area contributed by atoms with Gasteiger partial charge in [0.2, 0.25) is 18.6 Å². The fourth-order valence-electron chi connectivity index (χ4n) is 3.19. The Bertz CT molecular complexity index is 648. The summed E-state index contributed by atoms with van der Waals surface area (Å²) in [6.07, 6.45) is 1.44. The van der Waals surface area contributed by atoms with Gasteiger partial charge in [0.15, 0.2) is 11.5 Å². The number of β-amino-alcohol motifs (C(OH)–C–C–N with tert-alkyl or cyclic N) is 1. The predicted octanol–water partition coefficient (Wildman–Crippen LogP) is 0.447. The van der Waals surface area contributed by atoms with E-state index < -0.39 is 5.60 Å². The Kier molecular flexibility index (Phi) is 4.62. The minimum absolute atomic E-state index is 0.0112. The van der Waals surface area contributed by atoms with Crippen LogP contribution in [0.4, 0.5) is 0 Å². The molecular weight excluding hydrogens is 312 g/mol. The van der Waals surface area contributed by atoms with E-state index in [4.69, 9.17) is 9.47 Å². The summed E-state index contributed by atoms with van der Waals surface area (Å²) in [4.78, 5) is 25.7. The number of nitrogens with one attached hydrogen (secondary N) is 1. The summed E-state index contributed by atoms with van der Waals surface area (Å²) in [7, 11) is 1.54. The van der Waals surface area contributed by atoms with Gasteiger partial charge in [0, 0.05) is 20.1 Å². The highest BCUT2D eigenvalue weighted by Crippen LogP contribution is 2.33. The molecular formula is C17H22N2O5. The number of hydrogen-bond donors (Lipinski definition) is 2. The largest absolute Gasteiger partial charge is 0.454 e. The lowest BCUT2D eigenvalue weighted by molar-refractivity contribution is -0.141. The van der Waals surface area contributed by atoms with Crippen LogP contribution in [-0.2, 0) is 16.0 Å². The molecule has 0 aromatic heterocycles. The number of carbonyl (C=O) groups excluding carboxylic acids is 2. The van der Waals surface area contributed by atoms with Crippen molar-refractivity contribution in [3.05, 3.63) is 23.8 Å². The minimum atomic E-state index is -1.15. The first-order valence-electron chi connectivity index (χ1n) is 8.08. The van der Waals surface area contributed by atoms with Crippen molar-refractivity contribution < 1.29 is 24.2 Å². The summed E-state index contributed by atoms with van der Waals surface area (Å²) in [5.41, 5.74) is -0.312. The number of hydrogen-bond acceptors (Lipinski definition) is 5. The molecule has 1 aromatic carbocycles. The highest BCUT2D eigenvalue weighted by Gasteiger charge is 2.36. The van der Waals surface area contributed by atoms with Crippen LogP contribution in [0.3, 0.4) is 0 Å². The second-order valence-electron chi connectivity index (χ2n) is 6.36. The van der Waals surface area contributed by atoms with Gasteiger partial charge in [0.05, 0.1) is 18.4 Å². The molecule has 1 atom stereocenters. The topological polar surface area (TPSA) is 88.1 Å². The van der Waals surface area contributed by atoms with Crippen LogP contribution in [0.2, 0.25) is 0 Å². The molecule has 1 saturated heterocycles. The molecule has 0 saturated carbocycles. The maximum atomic E-state index is 12.6. The van der Waals surface area contributed by atoms with Crippen molar-refractivity contribution in [2.24, 2.45) is 0 Å². The van der Waals surface area contributed by atoms with Gasteiger partial charge in [-0.05, 0) is 30.5 Å². The smallest absolute Gasteiger partial charge is 0.231 e. The molecule has 3 rings (SSSR count). The van der Waals surface area contributed by atoms with Crippen LogP contribution in [0.1, 0.15) is 24.8 Å². The van der Waals surface area contributed by atoms with E-state index in [1.807, 2.05) is 6.07 Å². The van der Waals surface area contributed by atoms with Crippen LogP contribution >= 0.6 is 0 Å². The van der Waals surface area contributed by atoms with E-state index in [1.165, 1.54) is 7.05 Å². The first-order chi connectivity index (χ1) is 11.5. The van der Waals surface area contributed by atoms with Crippen LogP contribution in [0.25, 0.3) is 0 Å². The summed E-state index contributed by atoms with van der Waals surface area (Å²) in [6, 6.07) is 5.44. The molecule has 2 heterocycles. The van der Waals surface area contributed by atoms with Crippen molar-refractivity contribution in [2.45, 2.75) is 31.3 Å². The second kappa shape index (κ2) is 6.68. The van der Waals surface area contributed by atoms with Gasteiger partial charge in [-0.15, -0.1) is 0 Å². The third kappa shape index (κ3) is 3.62. The van der Waals surface area contributed by atoms with Crippen molar-refractivity contribution in [3.63, 3.8) is 0 Å². The van der Waals surface area contributed by atoms with Crippen LogP contribution < -0.4 is 14.8 Å². The van der Waals surface area contributed by atoms with E-state index in [0.29, 0.717) is 30.9 Å². The van der Waals surface area contributed by atoms with E-state index in [1.54, 1.807) is 17.0 Å². The Morgan fingerprint density at radius 2 is 2.12 bits per heavy atom. The van der Waals surface area contributed by atoms with Crippen LogP contribution in [0, 0.1) is 0 Å². The number of rotatable bonds is 4. The molecule has 0 bridgehead atoms. The molecule has 1 unspecified atom stereocenters. The molecule has 130 valence electrons. The lowest BCUT2D eigenvalue weighted by Crippen LogP contribution is -2.52. The zero-order valence-electron chi connectivity index (χ0n) is 13.7. The molecule has 1 aromatic rings. The molecule has 2 aliphatic rings. The van der Waals surface area contributed by atoms with E-state index in [2.05, 4.69) is 5.32 Å². The molecule has 7 heteroatoms. The Morgan fingerprint density at radius 1 is 1.33 bits per heavy atom. The monoisotopic (exact) mass is 334 g/mol. The summed E-state index contributed by atoms with van der Waals surface area (Å²) in [5, 5.41) is 13.1. The van der Waals surface area contributed by atoms with Gasteiger partial charge in [-0.3, -0.25) is 9.59 Å². The average Bonchev–Trinajstić information content (AvgIpc) is 3.02. The number of benzene rings is 1. The molecule has 1 fully saturated rings. The third-order valence-corrected chi connectivity index (χ3v) is 4.47. The Balaban J connectivity index is 1.63. The summed E-state index contributed by atoms with van der Waals surface area (Å²) >= 11 is 0. The lowest BCUT2D eigenvalue weighted by Gasteiger charge is -2.39. The highest BCUT2D eigenvalue weighted by atomic mass is 16.7. The van der Waals surface area contributed by atoms with Gasteiger partial charge < -0.3 is 24.8 Å². The number of likely N-dealkylation sites (tertiary alicyclic amines) is 1. The fourth-order valence-corrected chi connectivity index (χ4v) is 3.19. The number of piperidine rings is 1. The van der Waals surface area contributed by atoms with Crippen molar-refractivity contribution in [1.82, 2.24) is 10.2 Å². The Labute approximate surface area is 140 Å². The predicted molar refractivity (Wildman–Crippen MR) is 85.7 cm³/mol. The molecule has 2 aliphatic heterocycles. The normalized spacial score (nSPS) is 22.3. The maximum absolute atomic E-state index is 12.6. The van der Waals surface area contributed by atoms with Gasteiger partial charge in [-0.2, -0.15) is 0 Å². The van der Waals surface area contributed by atoms with E-state index in [0.717, 1.165) is 5.56 Å². The number of fused-ring (bicyclic) bond motifs is 1. The van der Waals surface area contributed by atoms with Gasteiger partial charge >= 0.3 is 0 Å². The molecule has 0 aliphatic carbocycles. The number of carbonyl (C=O) groups is 2. The van der Waals surface area contributed by atoms with Crippen molar-refractivity contribution >= 4 is 11.8 Å². The Morgan fingerprint density at radius 3 is 2.92 bits per heavy atom. The summed E-state index contributed by atoms with van der Waals surface area (Å²) in [6.45, 7) is 0.981. The van der Waals surface area contributed by atoms with Gasteiger partial charge in [0.1, 0.15) is 0 Å². The summed E-state index contributed by atoms with van der Waals surface area (Å²) in [5.74, 6) is 1.05. The molecule has 7 nitrogen and oxygen atoms in total. The molecule has 0 radical (unpaired) electrons. The van der Waals surface area contributed by atoms with Crippen molar-refractivity contribution in [3.8, 4) is 11.5 Å². The zero-order chi connectivity index (χ0) is 17.2. The van der Waals surface area contributed by atoms with Crippen molar-refractivity contribution in [2.75, 3.05) is 26.9 Å². The van der Waals surface area contributed by atoms with Gasteiger partial charge in [-0.25, -0.2) is 0 Å². The van der Waals surface area contributed by atoms with E-state index in [-0.39, 0.29) is 38.0 Å². The van der Waals surface area contributed by atoms with Crippen molar-refractivity contribution in [1.29, 1.82) is 0 Å². The first kappa shape index (κ1) is 16.6. The van der Waals surface area contributed by atoms with Crippen LogP contribution in [0.5, 0.6) is 11.5 Å². The minimum Gasteiger partial charge on any atom is -0.454 e. The highest BCUT2D eigenvalue weighted by molar-refractivity contribution is 5.80. The molecule has 24 heavy (non-hydrogen) atoms. The first-order valence-corrected chi connectivity index (χ1v) is 8.08. The lowest BCUT2D eigenvalue weighted by atomic mass is 9.89. The maximum Gasteiger partial charge on any atom is 0.231 e. The SMILES string of the molecule is CNC(=O)CC1(O)CCCN(C(=O)Cc2ccc3c(c2)OCO3)C1. The van der Waals surface area contributed by atoms with Crippen LogP contribution in [0.15, 0.2) is 18.2 Å². The summed E-state index contributed by atoms with van der Waals surface area (Å²) < 4.78 is 10.6. The number of ether oxygens (including phenoxy) is 2. The molecule has 2 amide bonds. The fraction of sp³-hybridized carbons (Fsp3) is 0.529. The third-order valence-electron chi connectivity index (χ3n) is 4.47. The number of amides is 2. The van der Waals surface area contributed by atoms with E-state index >= 15 is 0 Å². The Hall–Kier alpha value is -2.28. The van der Waals surface area contributed by atoms with Gasteiger partial charge in [0.25, 0.3) is 0 Å². The van der Waals surface area contributed by atoms with E-state index in [9.17, 15) is 14.7 Å².